The van der Waals surface area contributed by atoms with Crippen molar-refractivity contribution in [3.05, 3.63) is 35.6 Å². The fourth-order valence-corrected chi connectivity index (χ4v) is 1.84. The Morgan fingerprint density at radius 2 is 2.06 bits per heavy atom. The number of carbonyl (C=O) groups is 1. The monoisotopic (exact) mass is 254 g/mol. The summed E-state index contributed by atoms with van der Waals surface area (Å²) in [5.41, 5.74) is 0.982. The Labute approximate surface area is 106 Å². The standard InChI is InChI=1S/C13H14O3.ClH/c1-2-3-7-11-12(13(14)15)9-6-4-5-8-10(9)16-11;/h4-6,8H,2-3,7H2,1H3,(H,14,15);1H. The summed E-state index contributed by atoms with van der Waals surface area (Å²) in [4.78, 5) is 11.2. The highest BCUT2D eigenvalue weighted by Crippen LogP contribution is 2.26. The number of carboxylic acids is 1. The van der Waals surface area contributed by atoms with E-state index >= 15 is 0 Å². The van der Waals surface area contributed by atoms with E-state index < -0.39 is 5.97 Å². The van der Waals surface area contributed by atoms with Crippen LogP contribution in [-0.2, 0) is 6.42 Å². The molecule has 0 saturated heterocycles. The van der Waals surface area contributed by atoms with E-state index in [1.807, 2.05) is 12.1 Å². The molecule has 0 spiro atoms. The highest BCUT2D eigenvalue weighted by Gasteiger charge is 2.18. The first-order chi connectivity index (χ1) is 7.74. The van der Waals surface area contributed by atoms with Crippen LogP contribution in [0.15, 0.2) is 28.7 Å². The number of fused-ring (bicyclic) bond motifs is 1. The lowest BCUT2D eigenvalue weighted by Crippen LogP contribution is -1.99. The van der Waals surface area contributed by atoms with E-state index in [2.05, 4.69) is 6.92 Å². The second-order valence-corrected chi connectivity index (χ2v) is 3.81. The Morgan fingerprint density at radius 3 is 2.71 bits per heavy atom. The summed E-state index contributed by atoms with van der Waals surface area (Å²) in [5.74, 6) is -0.313. The van der Waals surface area contributed by atoms with E-state index in [1.165, 1.54) is 0 Å². The third kappa shape index (κ3) is 2.61. The summed E-state index contributed by atoms with van der Waals surface area (Å²) in [6.45, 7) is 2.07. The van der Waals surface area contributed by atoms with Crippen molar-refractivity contribution in [3.8, 4) is 0 Å². The minimum atomic E-state index is -0.906. The van der Waals surface area contributed by atoms with E-state index in [0.717, 1.165) is 12.8 Å². The van der Waals surface area contributed by atoms with E-state index in [9.17, 15) is 9.90 Å². The second-order valence-electron chi connectivity index (χ2n) is 3.81. The van der Waals surface area contributed by atoms with Gasteiger partial charge in [0.25, 0.3) is 0 Å². The Balaban J connectivity index is 0.00000144. The van der Waals surface area contributed by atoms with Crippen LogP contribution in [0.1, 0.15) is 35.9 Å². The van der Waals surface area contributed by atoms with Gasteiger partial charge in [-0.1, -0.05) is 31.5 Å². The van der Waals surface area contributed by atoms with Crippen molar-refractivity contribution in [3.63, 3.8) is 0 Å². The fourth-order valence-electron chi connectivity index (χ4n) is 1.84. The maximum atomic E-state index is 11.2. The molecule has 1 aromatic heterocycles. The second kappa shape index (κ2) is 5.73. The van der Waals surface area contributed by atoms with Crippen LogP contribution >= 0.6 is 12.4 Å². The predicted molar refractivity (Wildman–Crippen MR) is 69.0 cm³/mol. The van der Waals surface area contributed by atoms with Crippen LogP contribution in [0, 0.1) is 0 Å². The first-order valence-electron chi connectivity index (χ1n) is 5.47. The van der Waals surface area contributed by atoms with Gasteiger partial charge in [-0.25, -0.2) is 4.79 Å². The van der Waals surface area contributed by atoms with E-state index in [0.29, 0.717) is 28.7 Å². The number of halogens is 1. The third-order valence-corrected chi connectivity index (χ3v) is 2.64. The molecule has 0 fully saturated rings. The van der Waals surface area contributed by atoms with E-state index in [4.69, 9.17) is 4.42 Å². The SMILES string of the molecule is CCCCc1oc2ccccc2c1C(=O)O.Cl. The predicted octanol–water partition coefficient (Wildman–Crippen LogP) is 3.90. The summed E-state index contributed by atoms with van der Waals surface area (Å²) in [7, 11) is 0. The lowest BCUT2D eigenvalue weighted by Gasteiger charge is -1.96. The van der Waals surface area contributed by atoms with Crippen molar-refractivity contribution in [2.24, 2.45) is 0 Å². The minimum absolute atomic E-state index is 0. The van der Waals surface area contributed by atoms with Crippen LogP contribution < -0.4 is 0 Å². The molecular weight excluding hydrogens is 240 g/mol. The molecule has 0 saturated carbocycles. The molecule has 0 aliphatic carbocycles. The molecule has 92 valence electrons. The summed E-state index contributed by atoms with van der Waals surface area (Å²) in [6.07, 6.45) is 2.66. The van der Waals surface area contributed by atoms with Gasteiger partial charge in [0, 0.05) is 11.8 Å². The van der Waals surface area contributed by atoms with Gasteiger partial charge in [0.15, 0.2) is 0 Å². The normalized spacial score (nSPS) is 10.2. The Kier molecular flexibility index (Phi) is 4.58. The molecule has 2 aromatic rings. The Morgan fingerprint density at radius 1 is 1.35 bits per heavy atom. The van der Waals surface area contributed by atoms with Gasteiger partial charge in [0.1, 0.15) is 16.9 Å². The zero-order valence-corrected chi connectivity index (χ0v) is 10.4. The number of para-hydroxylation sites is 1. The first-order valence-corrected chi connectivity index (χ1v) is 5.47. The zero-order valence-electron chi connectivity index (χ0n) is 9.60. The Bertz CT molecular complexity index is 516. The molecule has 3 nitrogen and oxygen atoms in total. The lowest BCUT2D eigenvalue weighted by atomic mass is 10.1. The number of rotatable bonds is 4. The highest BCUT2D eigenvalue weighted by atomic mass is 35.5. The number of unbranched alkanes of at least 4 members (excludes halogenated alkanes) is 1. The van der Waals surface area contributed by atoms with Gasteiger partial charge in [0.05, 0.1) is 0 Å². The molecule has 2 rings (SSSR count). The van der Waals surface area contributed by atoms with Crippen molar-refractivity contribution in [2.75, 3.05) is 0 Å². The molecule has 0 aliphatic rings. The number of hydrogen-bond donors (Lipinski definition) is 1. The van der Waals surface area contributed by atoms with Gasteiger partial charge in [-0.05, 0) is 12.5 Å². The van der Waals surface area contributed by atoms with Gasteiger partial charge < -0.3 is 9.52 Å². The molecule has 0 aliphatic heterocycles. The van der Waals surface area contributed by atoms with Gasteiger partial charge in [-0.15, -0.1) is 12.4 Å². The molecule has 4 heteroatoms. The molecular formula is C13H15ClO3. The quantitative estimate of drug-likeness (QED) is 0.900. The van der Waals surface area contributed by atoms with Crippen molar-refractivity contribution in [1.82, 2.24) is 0 Å². The van der Waals surface area contributed by atoms with Gasteiger partial charge in [0.2, 0.25) is 0 Å². The van der Waals surface area contributed by atoms with Crippen molar-refractivity contribution < 1.29 is 14.3 Å². The maximum Gasteiger partial charge on any atom is 0.339 e. The summed E-state index contributed by atoms with van der Waals surface area (Å²) < 4.78 is 5.58. The average molecular weight is 255 g/mol. The smallest absolute Gasteiger partial charge is 0.339 e. The largest absolute Gasteiger partial charge is 0.478 e. The molecule has 0 unspecified atom stereocenters. The molecule has 1 N–H and O–H groups in total. The van der Waals surface area contributed by atoms with Gasteiger partial charge >= 0.3 is 5.97 Å². The minimum Gasteiger partial charge on any atom is -0.478 e. The molecule has 0 atom stereocenters. The number of furan rings is 1. The number of benzene rings is 1. The highest BCUT2D eigenvalue weighted by molar-refractivity contribution is 6.03. The van der Waals surface area contributed by atoms with Crippen LogP contribution in [0.2, 0.25) is 0 Å². The number of aromatic carboxylic acids is 1. The van der Waals surface area contributed by atoms with Crippen LogP contribution in [0.4, 0.5) is 0 Å². The van der Waals surface area contributed by atoms with Crippen molar-refractivity contribution >= 4 is 29.3 Å². The molecule has 0 bridgehead atoms. The molecule has 17 heavy (non-hydrogen) atoms. The summed E-state index contributed by atoms with van der Waals surface area (Å²) >= 11 is 0. The van der Waals surface area contributed by atoms with Gasteiger partial charge in [-0.3, -0.25) is 0 Å². The summed E-state index contributed by atoms with van der Waals surface area (Å²) in [6, 6.07) is 7.27. The fraction of sp³-hybridized carbons (Fsp3) is 0.308. The van der Waals surface area contributed by atoms with E-state index in [1.54, 1.807) is 12.1 Å². The van der Waals surface area contributed by atoms with Crippen molar-refractivity contribution in [1.29, 1.82) is 0 Å². The number of carboxylic acid groups (broad SMARTS) is 1. The van der Waals surface area contributed by atoms with E-state index in [-0.39, 0.29) is 12.4 Å². The third-order valence-electron chi connectivity index (χ3n) is 2.64. The Hall–Kier alpha value is -1.48. The van der Waals surface area contributed by atoms with Crippen LogP contribution in [0.25, 0.3) is 11.0 Å². The maximum absolute atomic E-state index is 11.2. The molecule has 0 radical (unpaired) electrons. The molecule has 0 amide bonds. The summed E-state index contributed by atoms with van der Waals surface area (Å²) in [5, 5.41) is 9.89. The lowest BCUT2D eigenvalue weighted by molar-refractivity contribution is 0.0696. The molecule has 1 aromatic carbocycles. The van der Waals surface area contributed by atoms with Gasteiger partial charge in [-0.2, -0.15) is 0 Å². The van der Waals surface area contributed by atoms with Crippen LogP contribution in [0.3, 0.4) is 0 Å². The average Bonchev–Trinajstić information content (AvgIpc) is 2.64. The topological polar surface area (TPSA) is 50.4 Å². The number of aryl methyl sites for hydroxylation is 1. The van der Waals surface area contributed by atoms with Crippen LogP contribution in [0.5, 0.6) is 0 Å². The first kappa shape index (κ1) is 13.6. The zero-order chi connectivity index (χ0) is 11.5. The van der Waals surface area contributed by atoms with Crippen LogP contribution in [-0.4, -0.2) is 11.1 Å². The molecule has 1 heterocycles. The van der Waals surface area contributed by atoms with Crippen molar-refractivity contribution in [2.45, 2.75) is 26.2 Å². The number of hydrogen-bond acceptors (Lipinski definition) is 2.